The van der Waals surface area contributed by atoms with Crippen LogP contribution in [0.15, 0.2) is 72.8 Å². The van der Waals surface area contributed by atoms with E-state index >= 15 is 0 Å². The van der Waals surface area contributed by atoms with Gasteiger partial charge in [0.2, 0.25) is 0 Å². The number of ketones is 1. The summed E-state index contributed by atoms with van der Waals surface area (Å²) in [6.07, 6.45) is 3.24. The Kier molecular flexibility index (Phi) is 6.45. The second-order valence-corrected chi connectivity index (χ2v) is 9.06. The van der Waals surface area contributed by atoms with Crippen LogP contribution in [0.2, 0.25) is 0 Å². The maximum Gasteiger partial charge on any atom is 0.162 e. The van der Waals surface area contributed by atoms with Gasteiger partial charge >= 0.3 is 0 Å². The fourth-order valence-electron chi connectivity index (χ4n) is 5.15. The molecule has 0 aromatic heterocycles. The maximum absolute atomic E-state index is 12.5. The quantitative estimate of drug-likeness (QED) is 0.459. The third-order valence-electron chi connectivity index (χ3n) is 6.90. The van der Waals surface area contributed by atoms with E-state index in [1.54, 1.807) is 0 Å². The van der Waals surface area contributed by atoms with E-state index in [2.05, 4.69) is 48.2 Å². The van der Waals surface area contributed by atoms with Gasteiger partial charge in [0.05, 0.1) is 0 Å². The second kappa shape index (κ2) is 9.80. The van der Waals surface area contributed by atoms with Crippen molar-refractivity contribution in [2.45, 2.75) is 57.9 Å². The number of nitrogens with zero attached hydrogens (tertiary/aromatic N) is 1. The van der Waals surface area contributed by atoms with E-state index in [4.69, 9.17) is 9.47 Å². The Bertz CT molecular complexity index is 1100. The lowest BCUT2D eigenvalue weighted by Crippen LogP contribution is -2.47. The van der Waals surface area contributed by atoms with E-state index in [0.29, 0.717) is 37.9 Å². The molecule has 33 heavy (non-hydrogen) atoms. The van der Waals surface area contributed by atoms with Gasteiger partial charge in [0.25, 0.3) is 0 Å². The molecule has 0 saturated carbocycles. The summed E-state index contributed by atoms with van der Waals surface area (Å²) in [5.41, 5.74) is 4.74. The topological polar surface area (TPSA) is 38.8 Å². The summed E-state index contributed by atoms with van der Waals surface area (Å²) in [5, 5.41) is 0. The molecule has 0 unspecified atom stereocenters. The van der Waals surface area contributed by atoms with E-state index < -0.39 is 0 Å². The second-order valence-electron chi connectivity index (χ2n) is 9.06. The van der Waals surface area contributed by atoms with Gasteiger partial charge in [0.1, 0.15) is 19.0 Å². The summed E-state index contributed by atoms with van der Waals surface area (Å²) < 4.78 is 12.6. The molecule has 1 fully saturated rings. The highest BCUT2D eigenvalue weighted by molar-refractivity contribution is 5.81. The van der Waals surface area contributed by atoms with Crippen LogP contribution in [0.5, 0.6) is 11.5 Å². The van der Waals surface area contributed by atoms with Crippen LogP contribution in [-0.4, -0.2) is 23.3 Å². The molecule has 170 valence electrons. The molecule has 3 aromatic rings. The largest absolute Gasteiger partial charge is 0.485 e. The Hall–Kier alpha value is -3.11. The molecule has 0 spiro atoms. The van der Waals surface area contributed by atoms with Gasteiger partial charge in [-0.3, -0.25) is 9.69 Å². The SMILES string of the molecule is CC[C@@H]1CC(=O)C[C@H]2c3cc(OCc4ccccc4)c(OCc4ccccc4)cc3CCN12. The zero-order chi connectivity index (χ0) is 22.6. The minimum absolute atomic E-state index is 0.141. The van der Waals surface area contributed by atoms with Crippen molar-refractivity contribution in [3.8, 4) is 11.5 Å². The van der Waals surface area contributed by atoms with Crippen LogP contribution in [0, 0.1) is 0 Å². The minimum atomic E-state index is 0.141. The van der Waals surface area contributed by atoms with E-state index in [1.165, 1.54) is 11.1 Å². The van der Waals surface area contributed by atoms with Crippen LogP contribution < -0.4 is 9.47 Å². The number of carbonyl (C=O) groups excluding carboxylic acids is 1. The van der Waals surface area contributed by atoms with Crippen LogP contribution in [-0.2, 0) is 24.4 Å². The lowest BCUT2D eigenvalue weighted by molar-refractivity contribution is -0.126. The molecular formula is C29H31NO3. The molecule has 1 saturated heterocycles. The van der Waals surface area contributed by atoms with Gasteiger partial charge < -0.3 is 9.47 Å². The first-order valence-electron chi connectivity index (χ1n) is 12.0. The molecule has 0 N–H and O–H groups in total. The first-order chi connectivity index (χ1) is 16.2. The Morgan fingerprint density at radius 2 is 1.45 bits per heavy atom. The molecule has 4 nitrogen and oxygen atoms in total. The minimum Gasteiger partial charge on any atom is -0.485 e. The van der Waals surface area contributed by atoms with Crippen LogP contribution in [0.25, 0.3) is 0 Å². The number of piperidine rings is 1. The highest BCUT2D eigenvalue weighted by atomic mass is 16.5. The molecule has 0 amide bonds. The number of Topliss-reactive ketones (excluding diaryl/α,β-unsaturated/α-hetero) is 1. The molecule has 0 aliphatic carbocycles. The van der Waals surface area contributed by atoms with Gasteiger partial charge in [-0.05, 0) is 47.2 Å². The Morgan fingerprint density at radius 1 is 0.848 bits per heavy atom. The van der Waals surface area contributed by atoms with Crippen molar-refractivity contribution in [2.24, 2.45) is 0 Å². The van der Waals surface area contributed by atoms with Gasteiger partial charge in [-0.15, -0.1) is 0 Å². The molecule has 2 heterocycles. The summed E-state index contributed by atoms with van der Waals surface area (Å²) in [5.74, 6) is 1.89. The molecule has 2 atom stereocenters. The average molecular weight is 442 g/mol. The summed E-state index contributed by atoms with van der Waals surface area (Å²) >= 11 is 0. The first-order valence-corrected chi connectivity index (χ1v) is 12.0. The molecule has 3 aromatic carbocycles. The first kappa shape index (κ1) is 21.7. The number of carbonyl (C=O) groups is 1. The van der Waals surface area contributed by atoms with Crippen molar-refractivity contribution in [1.82, 2.24) is 4.90 Å². The third kappa shape index (κ3) is 4.81. The van der Waals surface area contributed by atoms with E-state index in [1.807, 2.05) is 36.4 Å². The van der Waals surface area contributed by atoms with Crippen molar-refractivity contribution in [3.05, 3.63) is 95.1 Å². The zero-order valence-electron chi connectivity index (χ0n) is 19.2. The summed E-state index contributed by atoms with van der Waals surface area (Å²) in [7, 11) is 0. The van der Waals surface area contributed by atoms with Gasteiger partial charge in [-0.2, -0.15) is 0 Å². The van der Waals surface area contributed by atoms with Crippen LogP contribution in [0.1, 0.15) is 54.5 Å². The monoisotopic (exact) mass is 441 g/mol. The van der Waals surface area contributed by atoms with E-state index in [9.17, 15) is 4.79 Å². The lowest BCUT2D eigenvalue weighted by Gasteiger charge is -2.45. The molecule has 0 bridgehead atoms. The number of benzene rings is 3. The number of rotatable bonds is 7. The standard InChI is InChI=1S/C29H31NO3/c1-2-24-16-25(31)17-27-26-18-29(33-20-22-11-7-4-8-12-22)28(15-23(26)13-14-30(24)27)32-19-21-9-5-3-6-10-21/h3-12,15,18,24,27H,2,13-14,16-17,19-20H2,1H3/t24-,27+/m1/s1. The van der Waals surface area contributed by atoms with Crippen LogP contribution in [0.4, 0.5) is 0 Å². The molecule has 2 aliphatic rings. The van der Waals surface area contributed by atoms with Crippen molar-refractivity contribution in [2.75, 3.05) is 6.54 Å². The third-order valence-corrected chi connectivity index (χ3v) is 6.90. The van der Waals surface area contributed by atoms with Crippen molar-refractivity contribution < 1.29 is 14.3 Å². The number of hydrogen-bond donors (Lipinski definition) is 0. The number of hydrogen-bond acceptors (Lipinski definition) is 4. The van der Waals surface area contributed by atoms with Gasteiger partial charge in [-0.1, -0.05) is 67.6 Å². The Morgan fingerprint density at radius 3 is 2.06 bits per heavy atom. The normalized spacial score (nSPS) is 20.1. The predicted molar refractivity (Wildman–Crippen MR) is 129 cm³/mol. The summed E-state index contributed by atoms with van der Waals surface area (Å²) in [6, 6.07) is 25.2. The smallest absolute Gasteiger partial charge is 0.162 e. The summed E-state index contributed by atoms with van der Waals surface area (Å²) in [6.45, 7) is 4.15. The fraction of sp³-hybridized carbons (Fsp3) is 0.345. The Balaban J connectivity index is 1.46. The molecule has 5 rings (SSSR count). The van der Waals surface area contributed by atoms with Gasteiger partial charge in [0.15, 0.2) is 11.5 Å². The predicted octanol–water partition coefficient (Wildman–Crippen LogP) is 5.89. The summed E-state index contributed by atoms with van der Waals surface area (Å²) in [4.78, 5) is 15.1. The average Bonchev–Trinajstić information content (AvgIpc) is 2.86. The fourth-order valence-corrected chi connectivity index (χ4v) is 5.15. The van der Waals surface area contributed by atoms with Crippen molar-refractivity contribution in [1.29, 1.82) is 0 Å². The van der Waals surface area contributed by atoms with Crippen LogP contribution in [0.3, 0.4) is 0 Å². The van der Waals surface area contributed by atoms with Crippen LogP contribution >= 0.6 is 0 Å². The molecule has 4 heteroatoms. The zero-order valence-corrected chi connectivity index (χ0v) is 19.2. The van der Waals surface area contributed by atoms with Crippen molar-refractivity contribution >= 4 is 5.78 Å². The number of fused-ring (bicyclic) bond motifs is 3. The highest BCUT2D eigenvalue weighted by Crippen LogP contribution is 2.43. The molecule has 0 radical (unpaired) electrons. The van der Waals surface area contributed by atoms with Gasteiger partial charge in [-0.25, -0.2) is 0 Å². The van der Waals surface area contributed by atoms with Crippen molar-refractivity contribution in [3.63, 3.8) is 0 Å². The highest BCUT2D eigenvalue weighted by Gasteiger charge is 2.38. The van der Waals surface area contributed by atoms with Gasteiger partial charge in [0, 0.05) is 31.5 Å². The number of ether oxygens (including phenoxy) is 2. The lowest BCUT2D eigenvalue weighted by atomic mass is 9.83. The maximum atomic E-state index is 12.5. The Labute approximate surface area is 196 Å². The van der Waals surface area contributed by atoms with E-state index in [0.717, 1.165) is 42.0 Å². The molecule has 2 aliphatic heterocycles. The van der Waals surface area contributed by atoms with E-state index in [-0.39, 0.29) is 6.04 Å². The molecular weight excluding hydrogens is 410 g/mol.